The standard InChI is InChI=1S/C25H30N2O3/c1-17-7-6-8-18(2)25(17)26-23(29)16-27(3)24(30)14-13-22(28)21-12-11-19-9-4-5-10-20(19)15-21/h6-8,11-12,15H,4-5,9-10,13-14,16H2,1-3H3,(H,26,29). The number of para-hydroxylation sites is 1. The first kappa shape index (κ1) is 21.8. The topological polar surface area (TPSA) is 66.5 Å². The molecule has 1 aliphatic rings. The first-order valence-electron chi connectivity index (χ1n) is 10.6. The second-order valence-electron chi connectivity index (χ2n) is 8.18. The Kier molecular flexibility index (Phi) is 7.03. The molecule has 0 radical (unpaired) electrons. The Morgan fingerprint density at radius 2 is 1.60 bits per heavy atom. The fourth-order valence-corrected chi connectivity index (χ4v) is 3.96. The van der Waals surface area contributed by atoms with Gasteiger partial charge in [-0.15, -0.1) is 0 Å². The summed E-state index contributed by atoms with van der Waals surface area (Å²) in [6.07, 6.45) is 4.73. The van der Waals surface area contributed by atoms with E-state index in [0.29, 0.717) is 5.56 Å². The van der Waals surface area contributed by atoms with Gasteiger partial charge >= 0.3 is 0 Å². The average Bonchev–Trinajstić information content (AvgIpc) is 2.74. The van der Waals surface area contributed by atoms with Crippen molar-refractivity contribution in [3.8, 4) is 0 Å². The lowest BCUT2D eigenvalue weighted by atomic mass is 9.89. The quantitative estimate of drug-likeness (QED) is 0.700. The number of ketones is 1. The predicted molar refractivity (Wildman–Crippen MR) is 119 cm³/mol. The van der Waals surface area contributed by atoms with E-state index >= 15 is 0 Å². The number of likely N-dealkylation sites (N-methyl/N-ethyl adjacent to an activating group) is 1. The molecule has 2 amide bonds. The van der Waals surface area contributed by atoms with Crippen molar-refractivity contribution >= 4 is 23.3 Å². The number of hydrogen-bond acceptors (Lipinski definition) is 3. The summed E-state index contributed by atoms with van der Waals surface area (Å²) in [5.41, 5.74) is 6.02. The van der Waals surface area contributed by atoms with Crippen molar-refractivity contribution in [3.05, 3.63) is 64.2 Å². The fraction of sp³-hybridized carbons (Fsp3) is 0.400. The predicted octanol–water partition coefficient (Wildman–Crippen LogP) is 4.24. The summed E-state index contributed by atoms with van der Waals surface area (Å²) in [7, 11) is 1.59. The third kappa shape index (κ3) is 5.35. The number of fused-ring (bicyclic) bond motifs is 1. The zero-order valence-electron chi connectivity index (χ0n) is 18.1. The molecule has 0 bridgehead atoms. The van der Waals surface area contributed by atoms with Crippen LogP contribution in [0.1, 0.15) is 58.3 Å². The highest BCUT2D eigenvalue weighted by molar-refractivity contribution is 5.99. The van der Waals surface area contributed by atoms with Gasteiger partial charge in [0, 0.05) is 31.1 Å². The van der Waals surface area contributed by atoms with Crippen molar-refractivity contribution in [2.75, 3.05) is 18.9 Å². The third-order valence-corrected chi connectivity index (χ3v) is 5.79. The van der Waals surface area contributed by atoms with Gasteiger partial charge in [0.1, 0.15) is 0 Å². The molecule has 2 aromatic rings. The van der Waals surface area contributed by atoms with Gasteiger partial charge in [-0.25, -0.2) is 0 Å². The number of aryl methyl sites for hydroxylation is 4. The van der Waals surface area contributed by atoms with Crippen molar-refractivity contribution < 1.29 is 14.4 Å². The lowest BCUT2D eigenvalue weighted by Gasteiger charge is -2.18. The van der Waals surface area contributed by atoms with Crippen molar-refractivity contribution in [1.82, 2.24) is 4.90 Å². The van der Waals surface area contributed by atoms with E-state index in [1.54, 1.807) is 7.05 Å². The zero-order valence-corrected chi connectivity index (χ0v) is 18.1. The number of anilines is 1. The van der Waals surface area contributed by atoms with E-state index in [-0.39, 0.29) is 37.0 Å². The van der Waals surface area contributed by atoms with Crippen LogP contribution in [-0.4, -0.2) is 36.1 Å². The molecular weight excluding hydrogens is 376 g/mol. The van der Waals surface area contributed by atoms with Crippen LogP contribution in [0.15, 0.2) is 36.4 Å². The highest BCUT2D eigenvalue weighted by Crippen LogP contribution is 2.23. The first-order valence-corrected chi connectivity index (χ1v) is 10.6. The van der Waals surface area contributed by atoms with Crippen molar-refractivity contribution in [3.63, 3.8) is 0 Å². The van der Waals surface area contributed by atoms with Gasteiger partial charge in [-0.05, 0) is 67.9 Å². The molecule has 0 aromatic heterocycles. The minimum Gasteiger partial charge on any atom is -0.336 e. The maximum Gasteiger partial charge on any atom is 0.243 e. The van der Waals surface area contributed by atoms with Crippen LogP contribution in [0, 0.1) is 13.8 Å². The van der Waals surface area contributed by atoms with Crippen LogP contribution in [0.3, 0.4) is 0 Å². The molecule has 1 aliphatic carbocycles. The van der Waals surface area contributed by atoms with Gasteiger partial charge in [-0.3, -0.25) is 14.4 Å². The molecule has 0 aliphatic heterocycles. The van der Waals surface area contributed by atoms with E-state index in [1.165, 1.54) is 22.4 Å². The third-order valence-electron chi connectivity index (χ3n) is 5.79. The maximum atomic E-state index is 12.5. The molecule has 0 saturated carbocycles. The van der Waals surface area contributed by atoms with Crippen LogP contribution in [0.25, 0.3) is 0 Å². The number of benzene rings is 2. The fourth-order valence-electron chi connectivity index (χ4n) is 3.96. The first-order chi connectivity index (χ1) is 14.3. The summed E-state index contributed by atoms with van der Waals surface area (Å²) in [5, 5.41) is 2.88. The number of rotatable bonds is 7. The molecule has 1 N–H and O–H groups in total. The van der Waals surface area contributed by atoms with Gasteiger partial charge in [0.25, 0.3) is 0 Å². The number of carbonyl (C=O) groups excluding carboxylic acids is 3. The molecule has 0 heterocycles. The number of Topliss-reactive ketones (excluding diaryl/α,β-unsaturated/α-hetero) is 1. The summed E-state index contributed by atoms with van der Waals surface area (Å²) in [6, 6.07) is 11.7. The minimum atomic E-state index is -0.246. The molecule has 0 fully saturated rings. The van der Waals surface area contributed by atoms with Crippen LogP contribution < -0.4 is 5.32 Å². The number of amides is 2. The average molecular weight is 407 g/mol. The summed E-state index contributed by atoms with van der Waals surface area (Å²) in [6.45, 7) is 3.83. The van der Waals surface area contributed by atoms with Gasteiger partial charge in [0.05, 0.1) is 6.54 Å². The Bertz CT molecular complexity index is 945. The SMILES string of the molecule is Cc1cccc(C)c1NC(=O)CN(C)C(=O)CCC(=O)c1ccc2c(c1)CCCC2. The van der Waals surface area contributed by atoms with Crippen LogP contribution in [0.4, 0.5) is 5.69 Å². The molecule has 0 unspecified atom stereocenters. The molecule has 0 atom stereocenters. The number of carbonyl (C=O) groups is 3. The van der Waals surface area contributed by atoms with Gasteiger partial charge in [-0.1, -0.05) is 30.3 Å². The zero-order chi connectivity index (χ0) is 21.7. The summed E-state index contributed by atoms with van der Waals surface area (Å²) < 4.78 is 0. The normalized spacial score (nSPS) is 12.8. The number of nitrogens with one attached hydrogen (secondary N) is 1. The summed E-state index contributed by atoms with van der Waals surface area (Å²) >= 11 is 0. The highest BCUT2D eigenvalue weighted by atomic mass is 16.2. The van der Waals surface area contributed by atoms with Crippen molar-refractivity contribution in [1.29, 1.82) is 0 Å². The van der Waals surface area contributed by atoms with Crippen LogP contribution in [-0.2, 0) is 22.4 Å². The smallest absolute Gasteiger partial charge is 0.243 e. The molecular formula is C25H30N2O3. The Morgan fingerprint density at radius 1 is 0.933 bits per heavy atom. The van der Waals surface area contributed by atoms with E-state index in [2.05, 4.69) is 5.32 Å². The highest BCUT2D eigenvalue weighted by Gasteiger charge is 2.17. The summed E-state index contributed by atoms with van der Waals surface area (Å²) in [5.74, 6) is -0.479. The minimum absolute atomic E-state index is 0.0230. The lowest BCUT2D eigenvalue weighted by Crippen LogP contribution is -2.35. The Balaban J connectivity index is 1.50. The molecule has 2 aromatic carbocycles. The molecule has 5 nitrogen and oxygen atoms in total. The largest absolute Gasteiger partial charge is 0.336 e. The molecule has 30 heavy (non-hydrogen) atoms. The van der Waals surface area contributed by atoms with Gasteiger partial charge in [0.2, 0.25) is 11.8 Å². The van der Waals surface area contributed by atoms with Gasteiger partial charge in [-0.2, -0.15) is 0 Å². The molecule has 158 valence electrons. The van der Waals surface area contributed by atoms with E-state index in [9.17, 15) is 14.4 Å². The Labute approximate surface area is 178 Å². The number of nitrogens with zero attached hydrogens (tertiary/aromatic N) is 1. The second kappa shape index (κ2) is 9.70. The molecule has 0 spiro atoms. The van der Waals surface area contributed by atoms with Crippen molar-refractivity contribution in [2.24, 2.45) is 0 Å². The van der Waals surface area contributed by atoms with Crippen molar-refractivity contribution in [2.45, 2.75) is 52.4 Å². The van der Waals surface area contributed by atoms with E-state index in [1.807, 2.05) is 50.2 Å². The van der Waals surface area contributed by atoms with E-state index < -0.39 is 0 Å². The monoisotopic (exact) mass is 406 g/mol. The van der Waals surface area contributed by atoms with E-state index in [4.69, 9.17) is 0 Å². The number of hydrogen-bond donors (Lipinski definition) is 1. The molecule has 5 heteroatoms. The van der Waals surface area contributed by atoms with Crippen LogP contribution in [0.5, 0.6) is 0 Å². The van der Waals surface area contributed by atoms with Crippen LogP contribution in [0.2, 0.25) is 0 Å². The molecule has 3 rings (SSSR count). The maximum absolute atomic E-state index is 12.5. The van der Waals surface area contributed by atoms with Gasteiger partial charge < -0.3 is 10.2 Å². The van der Waals surface area contributed by atoms with Gasteiger partial charge in [0.15, 0.2) is 5.78 Å². The lowest BCUT2D eigenvalue weighted by molar-refractivity contribution is -0.133. The summed E-state index contributed by atoms with van der Waals surface area (Å²) in [4.78, 5) is 38.7. The second-order valence-corrected chi connectivity index (χ2v) is 8.18. The Morgan fingerprint density at radius 3 is 2.30 bits per heavy atom. The van der Waals surface area contributed by atoms with E-state index in [0.717, 1.165) is 36.1 Å². The Hall–Kier alpha value is -2.95. The molecule has 0 saturated heterocycles. The van der Waals surface area contributed by atoms with Crippen LogP contribution >= 0.6 is 0 Å².